The molecule has 0 aromatic heterocycles. The molecule has 2 rings (SSSR count). The molecule has 0 spiro atoms. The van der Waals surface area contributed by atoms with E-state index in [1.807, 2.05) is 37.4 Å². The zero-order valence-electron chi connectivity index (χ0n) is 12.0. The number of halogens is 2. The van der Waals surface area contributed by atoms with Crippen molar-refractivity contribution in [1.29, 1.82) is 0 Å². The topological polar surface area (TPSA) is 30.5 Å². The lowest BCUT2D eigenvalue weighted by Crippen LogP contribution is -2.06. The lowest BCUT2D eigenvalue weighted by molar-refractivity contribution is 0.284. The number of rotatable bonds is 6. The van der Waals surface area contributed by atoms with Gasteiger partial charge in [0.1, 0.15) is 6.61 Å². The monoisotopic (exact) mass is 325 g/mol. The molecule has 21 heavy (non-hydrogen) atoms. The van der Waals surface area contributed by atoms with E-state index in [-0.39, 0.29) is 0 Å². The van der Waals surface area contributed by atoms with Gasteiger partial charge in [-0.25, -0.2) is 0 Å². The highest BCUT2D eigenvalue weighted by molar-refractivity contribution is 6.31. The van der Waals surface area contributed by atoms with E-state index in [1.165, 1.54) is 0 Å². The van der Waals surface area contributed by atoms with Gasteiger partial charge < -0.3 is 14.8 Å². The molecule has 0 unspecified atom stereocenters. The van der Waals surface area contributed by atoms with E-state index < -0.39 is 0 Å². The van der Waals surface area contributed by atoms with Crippen LogP contribution in [-0.2, 0) is 13.2 Å². The Hall–Kier alpha value is -1.42. The SMILES string of the molecule is CNCc1cc(OC)c(OCc2ccc(Cl)cc2)cc1Cl. The third kappa shape index (κ3) is 4.27. The van der Waals surface area contributed by atoms with Crippen molar-refractivity contribution in [2.45, 2.75) is 13.2 Å². The largest absolute Gasteiger partial charge is 0.493 e. The number of benzene rings is 2. The minimum Gasteiger partial charge on any atom is -0.493 e. The summed E-state index contributed by atoms with van der Waals surface area (Å²) in [6.07, 6.45) is 0. The lowest BCUT2D eigenvalue weighted by Gasteiger charge is -2.14. The van der Waals surface area contributed by atoms with Gasteiger partial charge in [-0.3, -0.25) is 0 Å². The highest BCUT2D eigenvalue weighted by Gasteiger charge is 2.10. The van der Waals surface area contributed by atoms with E-state index >= 15 is 0 Å². The molecule has 0 heterocycles. The summed E-state index contributed by atoms with van der Waals surface area (Å²) in [7, 11) is 3.48. The van der Waals surface area contributed by atoms with Crippen LogP contribution in [0.1, 0.15) is 11.1 Å². The fourth-order valence-electron chi connectivity index (χ4n) is 1.92. The fraction of sp³-hybridized carbons (Fsp3) is 0.250. The zero-order chi connectivity index (χ0) is 15.2. The third-order valence-corrected chi connectivity index (χ3v) is 3.61. The Bertz CT molecular complexity index is 600. The molecule has 0 saturated carbocycles. The van der Waals surface area contributed by atoms with Crippen LogP contribution < -0.4 is 14.8 Å². The Balaban J connectivity index is 2.15. The van der Waals surface area contributed by atoms with Crippen LogP contribution in [0.3, 0.4) is 0 Å². The van der Waals surface area contributed by atoms with Gasteiger partial charge in [0, 0.05) is 22.7 Å². The van der Waals surface area contributed by atoms with E-state index in [2.05, 4.69) is 5.32 Å². The minimum absolute atomic E-state index is 0.426. The summed E-state index contributed by atoms with van der Waals surface area (Å²) in [5, 5.41) is 4.42. The van der Waals surface area contributed by atoms with Gasteiger partial charge in [-0.1, -0.05) is 35.3 Å². The molecule has 0 fully saturated rings. The Morgan fingerprint density at radius 2 is 1.76 bits per heavy atom. The molecule has 0 atom stereocenters. The van der Waals surface area contributed by atoms with Crippen LogP contribution in [0, 0.1) is 0 Å². The molecular formula is C16H17Cl2NO2. The maximum Gasteiger partial charge on any atom is 0.163 e. The van der Waals surface area contributed by atoms with E-state index in [0.29, 0.717) is 34.7 Å². The van der Waals surface area contributed by atoms with E-state index in [9.17, 15) is 0 Å². The maximum atomic E-state index is 6.25. The summed E-state index contributed by atoms with van der Waals surface area (Å²) >= 11 is 12.1. The van der Waals surface area contributed by atoms with Crippen LogP contribution in [-0.4, -0.2) is 14.2 Å². The standard InChI is InChI=1S/C16H17Cl2NO2/c1-19-9-12-7-15(20-2)16(8-14(12)18)21-10-11-3-5-13(17)6-4-11/h3-8,19H,9-10H2,1-2H3. The summed E-state index contributed by atoms with van der Waals surface area (Å²) in [5.74, 6) is 1.29. The van der Waals surface area contributed by atoms with Crippen molar-refractivity contribution in [2.24, 2.45) is 0 Å². The Kier molecular flexibility index (Phi) is 5.74. The quantitative estimate of drug-likeness (QED) is 0.858. The van der Waals surface area contributed by atoms with Crippen molar-refractivity contribution in [1.82, 2.24) is 5.32 Å². The van der Waals surface area contributed by atoms with Crippen LogP contribution in [0.2, 0.25) is 10.0 Å². The molecule has 0 aliphatic rings. The van der Waals surface area contributed by atoms with Gasteiger partial charge in [-0.2, -0.15) is 0 Å². The van der Waals surface area contributed by atoms with E-state index in [4.69, 9.17) is 32.7 Å². The average Bonchev–Trinajstić information content (AvgIpc) is 2.49. The summed E-state index contributed by atoms with van der Waals surface area (Å²) in [6.45, 7) is 1.10. The first-order valence-electron chi connectivity index (χ1n) is 6.52. The van der Waals surface area contributed by atoms with Gasteiger partial charge in [0.25, 0.3) is 0 Å². The van der Waals surface area contributed by atoms with Crippen LogP contribution >= 0.6 is 23.2 Å². The predicted molar refractivity (Wildman–Crippen MR) is 86.6 cm³/mol. The van der Waals surface area contributed by atoms with Crippen LogP contribution in [0.5, 0.6) is 11.5 Å². The minimum atomic E-state index is 0.426. The number of nitrogens with one attached hydrogen (secondary N) is 1. The van der Waals surface area contributed by atoms with Gasteiger partial charge in [-0.05, 0) is 36.4 Å². The molecule has 0 radical (unpaired) electrons. The molecule has 2 aromatic rings. The van der Waals surface area contributed by atoms with Crippen molar-refractivity contribution in [2.75, 3.05) is 14.2 Å². The van der Waals surface area contributed by atoms with Crippen molar-refractivity contribution < 1.29 is 9.47 Å². The normalized spacial score (nSPS) is 10.5. The van der Waals surface area contributed by atoms with Gasteiger partial charge in [-0.15, -0.1) is 0 Å². The molecule has 5 heteroatoms. The number of hydrogen-bond donors (Lipinski definition) is 1. The van der Waals surface area contributed by atoms with Gasteiger partial charge >= 0.3 is 0 Å². The van der Waals surface area contributed by atoms with Crippen LogP contribution in [0.4, 0.5) is 0 Å². The summed E-state index contributed by atoms with van der Waals surface area (Å²) in [6, 6.07) is 11.2. The third-order valence-electron chi connectivity index (χ3n) is 3.01. The van der Waals surface area contributed by atoms with Crippen molar-refractivity contribution in [3.63, 3.8) is 0 Å². The summed E-state index contributed by atoms with van der Waals surface area (Å²) in [4.78, 5) is 0. The van der Waals surface area contributed by atoms with E-state index in [1.54, 1.807) is 13.2 Å². The highest BCUT2D eigenvalue weighted by Crippen LogP contribution is 2.33. The average molecular weight is 326 g/mol. The molecule has 2 aromatic carbocycles. The van der Waals surface area contributed by atoms with Crippen LogP contribution in [0.15, 0.2) is 36.4 Å². The fourth-order valence-corrected chi connectivity index (χ4v) is 2.26. The first kappa shape index (κ1) is 16.0. The molecule has 0 amide bonds. The predicted octanol–water partition coefficient (Wildman–Crippen LogP) is 4.30. The molecule has 112 valence electrons. The first-order valence-corrected chi connectivity index (χ1v) is 7.28. The zero-order valence-corrected chi connectivity index (χ0v) is 13.5. The number of methoxy groups -OCH3 is 1. The highest BCUT2D eigenvalue weighted by atomic mass is 35.5. The summed E-state index contributed by atoms with van der Waals surface area (Å²) < 4.78 is 11.2. The number of hydrogen-bond acceptors (Lipinski definition) is 3. The van der Waals surface area contributed by atoms with Crippen molar-refractivity contribution >= 4 is 23.2 Å². The molecular weight excluding hydrogens is 309 g/mol. The van der Waals surface area contributed by atoms with E-state index in [0.717, 1.165) is 11.1 Å². The molecule has 1 N–H and O–H groups in total. The Labute approximate surface area is 134 Å². The second-order valence-corrected chi connectivity index (χ2v) is 5.38. The molecule has 0 aliphatic carbocycles. The molecule has 0 aliphatic heterocycles. The first-order chi connectivity index (χ1) is 10.1. The number of ether oxygens (including phenoxy) is 2. The van der Waals surface area contributed by atoms with Gasteiger partial charge in [0.2, 0.25) is 0 Å². The lowest BCUT2D eigenvalue weighted by atomic mass is 10.2. The second kappa shape index (κ2) is 7.55. The van der Waals surface area contributed by atoms with Crippen molar-refractivity contribution in [3.8, 4) is 11.5 Å². The van der Waals surface area contributed by atoms with Gasteiger partial charge in [0.15, 0.2) is 11.5 Å². The van der Waals surface area contributed by atoms with Crippen LogP contribution in [0.25, 0.3) is 0 Å². The maximum absolute atomic E-state index is 6.25. The molecule has 0 bridgehead atoms. The summed E-state index contributed by atoms with van der Waals surface area (Å²) in [5.41, 5.74) is 1.99. The molecule has 0 saturated heterocycles. The Morgan fingerprint density at radius 3 is 2.38 bits per heavy atom. The smallest absolute Gasteiger partial charge is 0.163 e. The van der Waals surface area contributed by atoms with Gasteiger partial charge in [0.05, 0.1) is 7.11 Å². The Morgan fingerprint density at radius 1 is 1.05 bits per heavy atom. The molecule has 3 nitrogen and oxygen atoms in total. The van der Waals surface area contributed by atoms with Crippen molar-refractivity contribution in [3.05, 3.63) is 57.6 Å². The second-order valence-electron chi connectivity index (χ2n) is 4.54.